The first kappa shape index (κ1) is 19.5. The standard InChI is InChI=1S/C19H15ClFN6O3/c1-25-10-26(15-6-4-3-5-14(15)25)18-11(20)9-22-19(24-18)23-13-8-16(27(28)29)12(21)7-17(13)30-2/h3-10H,1-2H3,(H,22,23,24)/q+1. The number of fused-ring (bicyclic) bond motifs is 1. The minimum Gasteiger partial charge on any atom is -0.494 e. The topological polar surface area (TPSA) is 99.0 Å². The number of nitro benzene ring substituents is 1. The summed E-state index contributed by atoms with van der Waals surface area (Å²) in [5.41, 5.74) is 1.29. The first-order chi connectivity index (χ1) is 14.4. The van der Waals surface area contributed by atoms with Crippen LogP contribution < -0.4 is 14.6 Å². The van der Waals surface area contributed by atoms with Crippen molar-refractivity contribution in [3.05, 3.63) is 69.9 Å². The van der Waals surface area contributed by atoms with Crippen LogP contribution in [0.25, 0.3) is 16.9 Å². The van der Waals surface area contributed by atoms with Crippen LogP contribution in [0, 0.1) is 15.9 Å². The maximum atomic E-state index is 13.9. The number of aromatic nitrogens is 4. The lowest BCUT2D eigenvalue weighted by Crippen LogP contribution is -2.25. The van der Waals surface area contributed by atoms with Gasteiger partial charge in [-0.1, -0.05) is 23.7 Å². The molecule has 0 spiro atoms. The maximum Gasteiger partial charge on any atom is 0.307 e. The molecular weight excluding hydrogens is 415 g/mol. The summed E-state index contributed by atoms with van der Waals surface area (Å²) in [5, 5.41) is 14.2. The molecule has 0 bridgehead atoms. The Labute approximate surface area is 174 Å². The van der Waals surface area contributed by atoms with Crippen molar-refractivity contribution >= 4 is 40.0 Å². The van der Waals surface area contributed by atoms with Crippen LogP contribution in [0.1, 0.15) is 0 Å². The van der Waals surface area contributed by atoms with E-state index in [9.17, 15) is 14.5 Å². The molecule has 0 unspecified atom stereocenters. The number of methoxy groups -OCH3 is 1. The van der Waals surface area contributed by atoms with Crippen molar-refractivity contribution in [1.29, 1.82) is 0 Å². The maximum absolute atomic E-state index is 13.9. The fourth-order valence-corrected chi connectivity index (χ4v) is 3.27. The SMILES string of the molecule is COc1cc(F)c([N+](=O)[O-])cc1Nc1ncc(Cl)c(-n2c[n+](C)c3ccccc32)n1. The number of nitrogens with zero attached hydrogens (tertiary/aromatic N) is 5. The van der Waals surface area contributed by atoms with Gasteiger partial charge in [0.15, 0.2) is 11.0 Å². The first-order valence-electron chi connectivity index (χ1n) is 8.66. The largest absolute Gasteiger partial charge is 0.494 e. The second-order valence-corrected chi connectivity index (χ2v) is 6.74. The minimum absolute atomic E-state index is 0.0658. The van der Waals surface area contributed by atoms with Crippen molar-refractivity contribution in [2.24, 2.45) is 7.05 Å². The van der Waals surface area contributed by atoms with Gasteiger partial charge in [0.1, 0.15) is 10.8 Å². The number of hydrogen-bond donors (Lipinski definition) is 1. The quantitative estimate of drug-likeness (QED) is 0.295. The van der Waals surface area contributed by atoms with Gasteiger partial charge in [-0.2, -0.15) is 13.9 Å². The molecule has 0 fully saturated rings. The van der Waals surface area contributed by atoms with Gasteiger partial charge in [-0.25, -0.2) is 9.55 Å². The van der Waals surface area contributed by atoms with Crippen LogP contribution in [0.15, 0.2) is 48.9 Å². The first-order valence-corrected chi connectivity index (χ1v) is 9.04. The molecule has 0 aliphatic rings. The molecule has 4 rings (SSSR count). The molecule has 2 aromatic heterocycles. The average Bonchev–Trinajstić information content (AvgIpc) is 3.07. The van der Waals surface area contributed by atoms with Crippen LogP contribution in [-0.2, 0) is 7.05 Å². The lowest BCUT2D eigenvalue weighted by atomic mass is 10.2. The zero-order valence-electron chi connectivity index (χ0n) is 15.8. The number of aryl methyl sites for hydroxylation is 1. The van der Waals surface area contributed by atoms with E-state index in [2.05, 4.69) is 15.3 Å². The number of para-hydroxylation sites is 2. The van der Waals surface area contributed by atoms with E-state index in [1.165, 1.54) is 13.3 Å². The Morgan fingerprint density at radius 1 is 1.33 bits per heavy atom. The highest BCUT2D eigenvalue weighted by molar-refractivity contribution is 6.32. The second kappa shape index (κ2) is 7.56. The van der Waals surface area contributed by atoms with Gasteiger partial charge in [0.05, 0.1) is 31.0 Å². The van der Waals surface area contributed by atoms with Gasteiger partial charge in [0.25, 0.3) is 6.33 Å². The van der Waals surface area contributed by atoms with Crippen LogP contribution in [0.4, 0.5) is 21.7 Å². The lowest BCUT2D eigenvalue weighted by Gasteiger charge is -2.11. The number of nitro groups is 1. The number of halogens is 2. The summed E-state index contributed by atoms with van der Waals surface area (Å²) >= 11 is 6.34. The predicted molar refractivity (Wildman–Crippen MR) is 108 cm³/mol. The van der Waals surface area contributed by atoms with Crippen LogP contribution in [-0.4, -0.2) is 26.6 Å². The summed E-state index contributed by atoms with van der Waals surface area (Å²) in [6.07, 6.45) is 3.23. The number of rotatable bonds is 5. The van der Waals surface area contributed by atoms with Crippen LogP contribution in [0.3, 0.4) is 0 Å². The normalized spacial score (nSPS) is 10.9. The molecular formula is C19H15ClFN6O3+. The highest BCUT2D eigenvalue weighted by Gasteiger charge is 2.22. The van der Waals surface area contributed by atoms with E-state index in [4.69, 9.17) is 16.3 Å². The Hall–Kier alpha value is -3.79. The van der Waals surface area contributed by atoms with Crippen LogP contribution in [0.2, 0.25) is 5.02 Å². The molecule has 9 nitrogen and oxygen atoms in total. The van der Waals surface area contributed by atoms with Crippen molar-refractivity contribution in [1.82, 2.24) is 14.5 Å². The highest BCUT2D eigenvalue weighted by Crippen LogP contribution is 2.33. The molecule has 0 radical (unpaired) electrons. The number of nitrogens with one attached hydrogen (secondary N) is 1. The Bertz CT molecular complexity index is 1290. The minimum atomic E-state index is -1.01. The number of imidazole rings is 1. The van der Waals surface area contributed by atoms with Crippen LogP contribution >= 0.6 is 11.6 Å². The summed E-state index contributed by atoms with van der Waals surface area (Å²) in [7, 11) is 3.22. The molecule has 11 heteroatoms. The Morgan fingerprint density at radius 3 is 2.83 bits per heavy atom. The van der Waals surface area contributed by atoms with Crippen molar-refractivity contribution in [2.75, 3.05) is 12.4 Å². The summed E-state index contributed by atoms with van der Waals surface area (Å²) in [6, 6.07) is 9.66. The number of hydrogen-bond acceptors (Lipinski definition) is 6. The summed E-state index contributed by atoms with van der Waals surface area (Å²) in [4.78, 5) is 18.8. The molecule has 0 saturated carbocycles. The van der Waals surface area contributed by atoms with E-state index < -0.39 is 16.4 Å². The number of anilines is 2. The van der Waals surface area contributed by atoms with E-state index >= 15 is 0 Å². The molecule has 0 aliphatic heterocycles. The molecule has 2 heterocycles. The third-order valence-corrected chi connectivity index (χ3v) is 4.74. The van der Waals surface area contributed by atoms with Gasteiger partial charge in [-0.3, -0.25) is 10.1 Å². The third-order valence-electron chi connectivity index (χ3n) is 4.48. The lowest BCUT2D eigenvalue weighted by molar-refractivity contribution is -0.645. The molecule has 4 aromatic rings. The third kappa shape index (κ3) is 3.37. The van der Waals surface area contributed by atoms with E-state index in [1.807, 2.05) is 42.2 Å². The summed E-state index contributed by atoms with van der Waals surface area (Å²) < 4.78 is 22.7. The average molecular weight is 430 g/mol. The zero-order chi connectivity index (χ0) is 21.4. The number of ether oxygens (including phenoxy) is 1. The fraction of sp³-hybridized carbons (Fsp3) is 0.105. The predicted octanol–water partition coefficient (Wildman–Crippen LogP) is 3.70. The molecule has 0 aliphatic carbocycles. The van der Waals surface area contributed by atoms with E-state index in [0.717, 1.165) is 23.2 Å². The van der Waals surface area contributed by atoms with Gasteiger partial charge in [-0.15, -0.1) is 0 Å². The molecule has 0 atom stereocenters. The monoisotopic (exact) mass is 429 g/mol. The van der Waals surface area contributed by atoms with Crippen molar-refractivity contribution in [3.8, 4) is 11.6 Å². The van der Waals surface area contributed by atoms with E-state index in [0.29, 0.717) is 10.8 Å². The van der Waals surface area contributed by atoms with Gasteiger partial charge in [0.2, 0.25) is 17.6 Å². The molecule has 0 saturated heterocycles. The molecule has 1 N–H and O–H groups in total. The zero-order valence-corrected chi connectivity index (χ0v) is 16.6. The van der Waals surface area contributed by atoms with E-state index in [-0.39, 0.29) is 17.4 Å². The van der Waals surface area contributed by atoms with Crippen molar-refractivity contribution < 1.29 is 18.6 Å². The molecule has 0 amide bonds. The number of benzene rings is 2. The summed E-state index contributed by atoms with van der Waals surface area (Å²) in [5.74, 6) is -0.432. The van der Waals surface area contributed by atoms with Gasteiger partial charge in [-0.05, 0) is 12.1 Å². The van der Waals surface area contributed by atoms with Gasteiger partial charge >= 0.3 is 5.69 Å². The van der Waals surface area contributed by atoms with Gasteiger partial charge < -0.3 is 10.1 Å². The Morgan fingerprint density at radius 2 is 2.10 bits per heavy atom. The molecule has 2 aromatic carbocycles. The molecule has 152 valence electrons. The molecule has 30 heavy (non-hydrogen) atoms. The smallest absolute Gasteiger partial charge is 0.307 e. The second-order valence-electron chi connectivity index (χ2n) is 6.34. The highest BCUT2D eigenvalue weighted by atomic mass is 35.5. The van der Waals surface area contributed by atoms with E-state index in [1.54, 1.807) is 4.57 Å². The fourth-order valence-electron chi connectivity index (χ4n) is 3.09. The Balaban J connectivity index is 1.80. The summed E-state index contributed by atoms with van der Waals surface area (Å²) in [6.45, 7) is 0. The van der Waals surface area contributed by atoms with Gasteiger partial charge in [0, 0.05) is 12.1 Å². The van der Waals surface area contributed by atoms with Crippen molar-refractivity contribution in [3.63, 3.8) is 0 Å². The van der Waals surface area contributed by atoms with Crippen LogP contribution in [0.5, 0.6) is 5.75 Å². The Kier molecular flexibility index (Phi) is 4.92. The van der Waals surface area contributed by atoms with Crippen molar-refractivity contribution in [2.45, 2.75) is 0 Å².